The monoisotopic (exact) mass is 327 g/mol. The van der Waals surface area contributed by atoms with Crippen LogP contribution < -0.4 is 0 Å². The second-order valence-corrected chi connectivity index (χ2v) is 9.75. The van der Waals surface area contributed by atoms with Gasteiger partial charge in [-0.1, -0.05) is 6.92 Å². The van der Waals surface area contributed by atoms with Gasteiger partial charge in [-0.15, -0.1) is 11.3 Å². The summed E-state index contributed by atoms with van der Waals surface area (Å²) in [5.41, 5.74) is 1.31. The summed E-state index contributed by atoms with van der Waals surface area (Å²) in [6, 6.07) is 1.86. The molecule has 2 aliphatic rings. The highest BCUT2D eigenvalue weighted by atomic mass is 32.2. The number of amides is 1. The Hall–Kier alpha value is -0.880. The lowest BCUT2D eigenvalue weighted by Crippen LogP contribution is -2.37. The second kappa shape index (κ2) is 5.39. The normalized spacial score (nSPS) is 27.3. The van der Waals surface area contributed by atoms with Crippen LogP contribution in [0.4, 0.5) is 0 Å². The van der Waals surface area contributed by atoms with E-state index in [9.17, 15) is 13.2 Å². The van der Waals surface area contributed by atoms with E-state index in [2.05, 4.69) is 6.92 Å². The van der Waals surface area contributed by atoms with E-state index in [1.807, 2.05) is 6.07 Å². The minimum absolute atomic E-state index is 0.0239. The second-order valence-electron chi connectivity index (χ2n) is 6.38. The van der Waals surface area contributed by atoms with Gasteiger partial charge in [0.15, 0.2) is 9.84 Å². The molecule has 2 atom stereocenters. The van der Waals surface area contributed by atoms with Gasteiger partial charge in [0.05, 0.1) is 16.4 Å². The number of thiophene rings is 1. The summed E-state index contributed by atoms with van der Waals surface area (Å²) in [5, 5.41) is 0. The molecule has 6 heteroatoms. The Morgan fingerprint density at radius 1 is 1.38 bits per heavy atom. The van der Waals surface area contributed by atoms with Crippen molar-refractivity contribution in [2.45, 2.75) is 38.6 Å². The minimum Gasteiger partial charge on any atom is -0.337 e. The lowest BCUT2D eigenvalue weighted by atomic mass is 9.90. The van der Waals surface area contributed by atoms with Crippen LogP contribution in [0.25, 0.3) is 0 Å². The number of hydrogen-bond donors (Lipinski definition) is 0. The van der Waals surface area contributed by atoms with Crippen LogP contribution in [0.3, 0.4) is 0 Å². The van der Waals surface area contributed by atoms with Gasteiger partial charge in [-0.25, -0.2) is 8.42 Å². The largest absolute Gasteiger partial charge is 0.337 e. The molecule has 3 rings (SSSR count). The molecule has 0 aromatic carbocycles. The Kier molecular flexibility index (Phi) is 3.86. The summed E-state index contributed by atoms with van der Waals surface area (Å²) in [7, 11) is -1.22. The van der Waals surface area contributed by atoms with Gasteiger partial charge in [-0.2, -0.15) is 0 Å². The van der Waals surface area contributed by atoms with Crippen molar-refractivity contribution in [1.29, 1.82) is 0 Å². The maximum atomic E-state index is 12.6. The topological polar surface area (TPSA) is 54.5 Å². The van der Waals surface area contributed by atoms with Crippen LogP contribution in [0.1, 0.15) is 39.9 Å². The number of aryl methyl sites for hydroxylation is 1. The molecule has 1 aliphatic carbocycles. The first-order chi connectivity index (χ1) is 9.85. The summed E-state index contributed by atoms with van der Waals surface area (Å²) in [5.74, 6) is 0.974. The first kappa shape index (κ1) is 15.0. The number of sulfone groups is 1. The summed E-state index contributed by atoms with van der Waals surface area (Å²) >= 11 is 1.59. The smallest absolute Gasteiger partial charge is 0.263 e. The Morgan fingerprint density at radius 3 is 2.81 bits per heavy atom. The maximum Gasteiger partial charge on any atom is 0.263 e. The van der Waals surface area contributed by atoms with E-state index in [0.717, 1.165) is 17.7 Å². The molecule has 1 aromatic rings. The number of fused-ring (bicyclic) bond motifs is 1. The van der Waals surface area contributed by atoms with Crippen LogP contribution >= 0.6 is 11.3 Å². The van der Waals surface area contributed by atoms with Crippen molar-refractivity contribution < 1.29 is 13.2 Å². The molecule has 1 amide bonds. The molecule has 1 saturated heterocycles. The zero-order valence-corrected chi connectivity index (χ0v) is 14.1. The Labute approximate surface area is 130 Å². The molecule has 1 aromatic heterocycles. The highest BCUT2D eigenvalue weighted by Gasteiger charge is 2.33. The molecule has 21 heavy (non-hydrogen) atoms. The predicted octanol–water partition coefficient (Wildman–Crippen LogP) is 2.13. The number of rotatable bonds is 2. The fourth-order valence-corrected chi connectivity index (χ4v) is 6.20. The fraction of sp³-hybridized carbons (Fsp3) is 0.667. The third-order valence-electron chi connectivity index (χ3n) is 4.62. The number of nitrogens with zero attached hydrogens (tertiary/aromatic N) is 1. The minimum atomic E-state index is -2.96. The number of hydrogen-bond acceptors (Lipinski definition) is 4. The number of carbonyl (C=O) groups excluding carboxylic acids is 1. The van der Waals surface area contributed by atoms with Crippen LogP contribution in [0, 0.1) is 5.92 Å². The van der Waals surface area contributed by atoms with Crippen LogP contribution in [-0.2, 0) is 22.7 Å². The average molecular weight is 327 g/mol. The third kappa shape index (κ3) is 3.01. The molecule has 116 valence electrons. The zero-order valence-electron chi connectivity index (χ0n) is 12.5. The van der Waals surface area contributed by atoms with E-state index in [1.54, 1.807) is 23.3 Å². The van der Waals surface area contributed by atoms with Gasteiger partial charge in [0.25, 0.3) is 5.91 Å². The third-order valence-corrected chi connectivity index (χ3v) is 7.59. The standard InChI is InChI=1S/C15H21NO3S2/c1-10-3-4-13-11(7-10)8-14(20-13)15(17)16(2)12-5-6-21(18,19)9-12/h8,10,12H,3-7,9H2,1-2H3/t10-,12-/m1/s1. The summed E-state index contributed by atoms with van der Waals surface area (Å²) in [4.78, 5) is 16.3. The predicted molar refractivity (Wildman–Crippen MR) is 84.7 cm³/mol. The molecule has 4 nitrogen and oxygen atoms in total. The fourth-order valence-electron chi connectivity index (χ4n) is 3.23. The van der Waals surface area contributed by atoms with Crippen molar-refractivity contribution in [2.24, 2.45) is 5.92 Å². The van der Waals surface area contributed by atoms with Crippen molar-refractivity contribution in [3.63, 3.8) is 0 Å². The summed E-state index contributed by atoms with van der Waals surface area (Å²) < 4.78 is 23.1. The van der Waals surface area contributed by atoms with Crippen molar-refractivity contribution >= 4 is 27.1 Å². The quantitative estimate of drug-likeness (QED) is 0.836. The van der Waals surface area contributed by atoms with Crippen LogP contribution in [-0.4, -0.2) is 43.8 Å². The van der Waals surface area contributed by atoms with E-state index in [1.165, 1.54) is 16.9 Å². The van der Waals surface area contributed by atoms with Crippen LogP contribution in [0.2, 0.25) is 0 Å². The van der Waals surface area contributed by atoms with E-state index >= 15 is 0 Å². The molecule has 0 unspecified atom stereocenters. The molecular formula is C15H21NO3S2. The lowest BCUT2D eigenvalue weighted by Gasteiger charge is -2.22. The Bertz CT molecular complexity index is 662. The highest BCUT2D eigenvalue weighted by molar-refractivity contribution is 7.91. The summed E-state index contributed by atoms with van der Waals surface area (Å²) in [6.07, 6.45) is 3.88. The van der Waals surface area contributed by atoms with Gasteiger partial charge >= 0.3 is 0 Å². The van der Waals surface area contributed by atoms with Gasteiger partial charge in [0, 0.05) is 18.0 Å². The SMILES string of the molecule is C[C@@H]1CCc2sc(C(=O)N(C)[C@@H]3CCS(=O)(=O)C3)cc2C1. The molecule has 0 N–H and O–H groups in total. The highest BCUT2D eigenvalue weighted by Crippen LogP contribution is 2.33. The maximum absolute atomic E-state index is 12.6. The molecule has 0 saturated carbocycles. The molecule has 0 bridgehead atoms. The van der Waals surface area contributed by atoms with Crippen LogP contribution in [0.15, 0.2) is 6.07 Å². The molecule has 0 radical (unpaired) electrons. The van der Waals surface area contributed by atoms with Gasteiger partial charge in [0.2, 0.25) is 0 Å². The van der Waals surface area contributed by atoms with E-state index in [4.69, 9.17) is 0 Å². The van der Waals surface area contributed by atoms with Gasteiger partial charge in [-0.05, 0) is 43.2 Å². The Balaban J connectivity index is 1.76. The van der Waals surface area contributed by atoms with Crippen molar-refractivity contribution in [2.75, 3.05) is 18.6 Å². The van der Waals surface area contributed by atoms with Crippen molar-refractivity contribution in [3.05, 3.63) is 21.4 Å². The average Bonchev–Trinajstić information content (AvgIpc) is 2.99. The summed E-state index contributed by atoms with van der Waals surface area (Å²) in [6.45, 7) is 2.25. The molecule has 0 spiro atoms. The molecular weight excluding hydrogens is 306 g/mol. The van der Waals surface area contributed by atoms with E-state index in [-0.39, 0.29) is 23.5 Å². The van der Waals surface area contributed by atoms with Crippen molar-refractivity contribution in [1.82, 2.24) is 4.90 Å². The van der Waals surface area contributed by atoms with Gasteiger partial charge < -0.3 is 4.90 Å². The number of carbonyl (C=O) groups is 1. The Morgan fingerprint density at radius 2 is 2.14 bits per heavy atom. The molecule has 1 fully saturated rings. The van der Waals surface area contributed by atoms with E-state index < -0.39 is 9.84 Å². The molecule has 1 aliphatic heterocycles. The van der Waals surface area contributed by atoms with Gasteiger partial charge in [0.1, 0.15) is 0 Å². The first-order valence-electron chi connectivity index (χ1n) is 7.45. The molecule has 2 heterocycles. The lowest BCUT2D eigenvalue weighted by molar-refractivity contribution is 0.0752. The zero-order chi connectivity index (χ0) is 15.2. The van der Waals surface area contributed by atoms with Gasteiger partial charge in [-0.3, -0.25) is 4.79 Å². The first-order valence-corrected chi connectivity index (χ1v) is 10.1. The van der Waals surface area contributed by atoms with Crippen molar-refractivity contribution in [3.8, 4) is 0 Å². The van der Waals surface area contributed by atoms with Crippen LogP contribution in [0.5, 0.6) is 0 Å². The van der Waals surface area contributed by atoms with E-state index in [0.29, 0.717) is 12.3 Å².